The maximum Gasteiger partial charge on any atom is 0.354 e. The van der Waals surface area contributed by atoms with Crippen molar-refractivity contribution in [3.05, 3.63) is 17.8 Å². The largest absolute Gasteiger partial charge is 0.477 e. The molecular weight excluding hydrogens is 242 g/mol. The Balaban J connectivity index is 1.68. The topological polar surface area (TPSA) is 88.2 Å². The number of aromatic carboxylic acids is 1. The first-order valence-electron chi connectivity index (χ1n) is 6.89. The van der Waals surface area contributed by atoms with Crippen LogP contribution < -0.4 is 11.1 Å². The number of nitrogens with zero attached hydrogens (tertiary/aromatic N) is 1. The zero-order valence-electron chi connectivity index (χ0n) is 10.8. The zero-order chi connectivity index (χ0) is 13.4. The van der Waals surface area contributed by atoms with Gasteiger partial charge in [-0.3, -0.25) is 0 Å². The van der Waals surface area contributed by atoms with E-state index in [-0.39, 0.29) is 5.69 Å². The van der Waals surface area contributed by atoms with Crippen molar-refractivity contribution in [2.24, 2.45) is 17.8 Å². The van der Waals surface area contributed by atoms with Gasteiger partial charge in [-0.1, -0.05) is 0 Å². The van der Waals surface area contributed by atoms with Crippen LogP contribution in [0.4, 0.5) is 11.5 Å². The molecule has 1 heterocycles. The molecule has 0 amide bonds. The van der Waals surface area contributed by atoms with E-state index in [1.807, 2.05) is 0 Å². The van der Waals surface area contributed by atoms with E-state index in [0.717, 1.165) is 18.4 Å². The Morgan fingerprint density at radius 3 is 2.53 bits per heavy atom. The average molecular weight is 261 g/mol. The summed E-state index contributed by atoms with van der Waals surface area (Å²) in [7, 11) is 0. The molecule has 5 nitrogen and oxygen atoms in total. The zero-order valence-corrected chi connectivity index (χ0v) is 10.8. The molecule has 0 aromatic carbocycles. The van der Waals surface area contributed by atoms with Crippen LogP contribution in [0, 0.1) is 17.8 Å². The fourth-order valence-electron chi connectivity index (χ4n) is 2.71. The summed E-state index contributed by atoms with van der Waals surface area (Å²) >= 11 is 0. The maximum absolute atomic E-state index is 10.9. The highest BCUT2D eigenvalue weighted by molar-refractivity contribution is 5.86. The molecule has 19 heavy (non-hydrogen) atoms. The Morgan fingerprint density at radius 1 is 1.37 bits per heavy atom. The van der Waals surface area contributed by atoms with Crippen molar-refractivity contribution >= 4 is 17.5 Å². The lowest BCUT2D eigenvalue weighted by Crippen LogP contribution is -2.20. The molecule has 0 radical (unpaired) electrons. The van der Waals surface area contributed by atoms with Crippen molar-refractivity contribution in [1.29, 1.82) is 0 Å². The second kappa shape index (κ2) is 4.72. The van der Waals surface area contributed by atoms with Gasteiger partial charge < -0.3 is 16.2 Å². The van der Waals surface area contributed by atoms with Crippen molar-refractivity contribution in [2.75, 3.05) is 17.6 Å². The summed E-state index contributed by atoms with van der Waals surface area (Å²) in [6, 6.07) is 3.03. The quantitative estimate of drug-likeness (QED) is 0.730. The molecule has 2 saturated carbocycles. The van der Waals surface area contributed by atoms with Crippen molar-refractivity contribution in [3.8, 4) is 0 Å². The molecule has 0 atom stereocenters. The highest BCUT2D eigenvalue weighted by Gasteiger charge is 2.41. The molecule has 2 fully saturated rings. The SMILES string of the molecule is Nc1ccc(C(=O)O)nc1NCC(C1CC1)C1CC1. The fraction of sp³-hybridized carbons (Fsp3) is 0.571. The van der Waals surface area contributed by atoms with Gasteiger partial charge in [0.25, 0.3) is 0 Å². The molecule has 5 heteroatoms. The van der Waals surface area contributed by atoms with E-state index >= 15 is 0 Å². The number of rotatable bonds is 6. The number of anilines is 2. The third-order valence-corrected chi connectivity index (χ3v) is 4.11. The lowest BCUT2D eigenvalue weighted by atomic mass is 9.98. The van der Waals surface area contributed by atoms with E-state index < -0.39 is 5.97 Å². The summed E-state index contributed by atoms with van der Waals surface area (Å²) in [5.74, 6) is 1.89. The Labute approximate surface area is 112 Å². The van der Waals surface area contributed by atoms with Gasteiger partial charge in [-0.25, -0.2) is 9.78 Å². The van der Waals surface area contributed by atoms with E-state index in [9.17, 15) is 4.79 Å². The standard InChI is InChI=1S/C14H19N3O2/c15-11-5-6-12(14(18)19)17-13(11)16-7-10(8-1-2-8)9-3-4-9/h5-6,8-10H,1-4,7,15H2,(H,16,17)(H,18,19). The predicted molar refractivity (Wildman–Crippen MR) is 73.0 cm³/mol. The van der Waals surface area contributed by atoms with E-state index in [2.05, 4.69) is 10.3 Å². The average Bonchev–Trinajstić information content (AvgIpc) is 3.25. The van der Waals surface area contributed by atoms with Gasteiger partial charge in [0, 0.05) is 6.54 Å². The molecular formula is C14H19N3O2. The van der Waals surface area contributed by atoms with Crippen LogP contribution in [0.25, 0.3) is 0 Å². The molecule has 2 aliphatic rings. The molecule has 1 aromatic rings. The van der Waals surface area contributed by atoms with E-state index in [4.69, 9.17) is 10.8 Å². The van der Waals surface area contributed by atoms with Crippen LogP contribution in [0.5, 0.6) is 0 Å². The Hall–Kier alpha value is -1.78. The molecule has 0 saturated heterocycles. The predicted octanol–water partition coefficient (Wildman–Crippen LogP) is 2.21. The first-order valence-corrected chi connectivity index (χ1v) is 6.89. The minimum absolute atomic E-state index is 0.0334. The molecule has 3 rings (SSSR count). The third-order valence-electron chi connectivity index (χ3n) is 4.11. The van der Waals surface area contributed by atoms with Gasteiger partial charge in [0.15, 0.2) is 5.69 Å². The lowest BCUT2D eigenvalue weighted by Gasteiger charge is -2.17. The molecule has 0 aliphatic heterocycles. The smallest absolute Gasteiger partial charge is 0.354 e. The Kier molecular flexibility index (Phi) is 3.05. The molecule has 2 aliphatic carbocycles. The highest BCUT2D eigenvalue weighted by Crippen LogP contribution is 2.49. The molecule has 0 spiro atoms. The van der Waals surface area contributed by atoms with Crippen molar-refractivity contribution < 1.29 is 9.90 Å². The van der Waals surface area contributed by atoms with E-state index in [1.54, 1.807) is 6.07 Å². The van der Waals surface area contributed by atoms with Gasteiger partial charge in [-0.2, -0.15) is 0 Å². The van der Waals surface area contributed by atoms with Gasteiger partial charge in [0.05, 0.1) is 5.69 Å². The third kappa shape index (κ3) is 2.80. The van der Waals surface area contributed by atoms with Crippen molar-refractivity contribution in [1.82, 2.24) is 4.98 Å². The number of pyridine rings is 1. The number of nitrogen functional groups attached to an aromatic ring is 1. The first-order chi connectivity index (χ1) is 9.15. The molecule has 4 N–H and O–H groups in total. The van der Waals surface area contributed by atoms with E-state index in [1.165, 1.54) is 31.7 Å². The molecule has 1 aromatic heterocycles. The van der Waals surface area contributed by atoms with E-state index in [0.29, 0.717) is 17.4 Å². The van der Waals surface area contributed by atoms with Crippen LogP contribution >= 0.6 is 0 Å². The van der Waals surface area contributed by atoms with Gasteiger partial charge in [-0.15, -0.1) is 0 Å². The number of carboxylic acid groups (broad SMARTS) is 1. The van der Waals surface area contributed by atoms with Crippen LogP contribution in [0.15, 0.2) is 12.1 Å². The number of aromatic nitrogens is 1. The Bertz CT molecular complexity index is 483. The van der Waals surface area contributed by atoms with Crippen molar-refractivity contribution in [2.45, 2.75) is 25.7 Å². The summed E-state index contributed by atoms with van der Waals surface area (Å²) in [5, 5.41) is 12.2. The molecule has 0 bridgehead atoms. The van der Waals surface area contributed by atoms with Crippen LogP contribution in [0.1, 0.15) is 36.2 Å². The highest BCUT2D eigenvalue weighted by atomic mass is 16.4. The van der Waals surface area contributed by atoms with Crippen LogP contribution in [0.3, 0.4) is 0 Å². The summed E-state index contributed by atoms with van der Waals surface area (Å²) < 4.78 is 0. The second-order valence-electron chi connectivity index (χ2n) is 5.66. The van der Waals surface area contributed by atoms with Crippen molar-refractivity contribution in [3.63, 3.8) is 0 Å². The number of nitrogens with one attached hydrogen (secondary N) is 1. The monoisotopic (exact) mass is 261 g/mol. The molecule has 0 unspecified atom stereocenters. The number of hydrogen-bond donors (Lipinski definition) is 3. The summed E-state index contributed by atoms with van der Waals surface area (Å²) in [5.41, 5.74) is 6.38. The van der Waals surface area contributed by atoms with Crippen LogP contribution in [0.2, 0.25) is 0 Å². The Morgan fingerprint density at radius 2 is 2.00 bits per heavy atom. The van der Waals surface area contributed by atoms with Gasteiger partial charge in [-0.05, 0) is 55.6 Å². The number of hydrogen-bond acceptors (Lipinski definition) is 4. The minimum atomic E-state index is -1.02. The number of carbonyl (C=O) groups is 1. The fourth-order valence-corrected chi connectivity index (χ4v) is 2.71. The molecule has 102 valence electrons. The second-order valence-corrected chi connectivity index (χ2v) is 5.66. The maximum atomic E-state index is 10.9. The first kappa shape index (κ1) is 12.3. The van der Waals surface area contributed by atoms with Gasteiger partial charge >= 0.3 is 5.97 Å². The summed E-state index contributed by atoms with van der Waals surface area (Å²) in [4.78, 5) is 15.0. The normalized spacial score (nSPS) is 18.6. The number of nitrogens with two attached hydrogens (primary N) is 1. The van der Waals surface area contributed by atoms with Gasteiger partial charge in [0.1, 0.15) is 5.82 Å². The summed E-state index contributed by atoms with van der Waals surface area (Å²) in [6.45, 7) is 0.857. The summed E-state index contributed by atoms with van der Waals surface area (Å²) in [6.07, 6.45) is 5.34. The van der Waals surface area contributed by atoms with Crippen LogP contribution in [-0.4, -0.2) is 22.6 Å². The number of carboxylic acids is 1. The van der Waals surface area contributed by atoms with Crippen LogP contribution in [-0.2, 0) is 0 Å². The van der Waals surface area contributed by atoms with Gasteiger partial charge in [0.2, 0.25) is 0 Å². The lowest BCUT2D eigenvalue weighted by molar-refractivity contribution is 0.0690. The minimum Gasteiger partial charge on any atom is -0.477 e.